The minimum atomic E-state index is 0.775. The van der Waals surface area contributed by atoms with Gasteiger partial charge in [-0.15, -0.1) is 0 Å². The Morgan fingerprint density at radius 2 is 2.00 bits per heavy atom. The van der Waals surface area contributed by atoms with Crippen LogP contribution in [-0.4, -0.2) is 36.6 Å². The highest BCUT2D eigenvalue weighted by Crippen LogP contribution is 2.31. The molecule has 0 aromatic heterocycles. The quantitative estimate of drug-likeness (QED) is 0.663. The van der Waals surface area contributed by atoms with Gasteiger partial charge in [0, 0.05) is 12.1 Å². The summed E-state index contributed by atoms with van der Waals surface area (Å²) in [5.74, 6) is 0.963. The van der Waals surface area contributed by atoms with Crippen molar-refractivity contribution in [2.75, 3.05) is 19.6 Å². The van der Waals surface area contributed by atoms with E-state index in [-0.39, 0.29) is 0 Å². The van der Waals surface area contributed by atoms with Gasteiger partial charge < -0.3 is 5.32 Å². The molecule has 3 rings (SSSR count). The number of hydrogen-bond donors (Lipinski definition) is 1. The molecule has 0 spiro atoms. The maximum Gasteiger partial charge on any atom is 0.0249 e. The highest BCUT2D eigenvalue weighted by molar-refractivity contribution is 4.96. The van der Waals surface area contributed by atoms with Gasteiger partial charge in [-0.05, 0) is 45.3 Å². The number of nitrogens with one attached hydrogen (secondary N) is 1. The Labute approximate surface area is 75.3 Å². The Kier molecular flexibility index (Phi) is 2.37. The van der Waals surface area contributed by atoms with Gasteiger partial charge in [0.1, 0.15) is 0 Å². The van der Waals surface area contributed by atoms with Crippen molar-refractivity contribution in [1.29, 1.82) is 0 Å². The smallest absolute Gasteiger partial charge is 0.0249 e. The molecule has 1 N–H and O–H groups in total. The fourth-order valence-corrected chi connectivity index (χ4v) is 2.88. The van der Waals surface area contributed by atoms with Crippen LogP contribution < -0.4 is 5.32 Å². The van der Waals surface area contributed by atoms with E-state index in [1.54, 1.807) is 0 Å². The van der Waals surface area contributed by atoms with Crippen LogP contribution in [0.15, 0.2) is 0 Å². The van der Waals surface area contributed by atoms with Crippen LogP contribution in [0.4, 0.5) is 0 Å². The van der Waals surface area contributed by atoms with Crippen molar-refractivity contribution in [1.82, 2.24) is 10.2 Å². The molecular formula is C10H20N2. The molecule has 3 aliphatic heterocycles. The van der Waals surface area contributed by atoms with Crippen LogP contribution in [0.2, 0.25) is 0 Å². The summed E-state index contributed by atoms with van der Waals surface area (Å²) >= 11 is 0. The second-order valence-electron chi connectivity index (χ2n) is 4.20. The zero-order valence-corrected chi connectivity index (χ0v) is 8.21. The van der Waals surface area contributed by atoms with Crippen LogP contribution in [0.5, 0.6) is 0 Å². The molecule has 2 unspecified atom stereocenters. The summed E-state index contributed by atoms with van der Waals surface area (Å²) in [4.78, 5) is 2.63. The van der Waals surface area contributed by atoms with E-state index in [0.29, 0.717) is 0 Å². The first kappa shape index (κ1) is 8.52. The lowest BCUT2D eigenvalue weighted by atomic mass is 9.79. The minimum Gasteiger partial charge on any atom is -0.312 e. The number of piperidine rings is 3. The van der Waals surface area contributed by atoms with E-state index in [0.717, 1.165) is 24.5 Å². The molecule has 0 aromatic carbocycles. The molecule has 2 atom stereocenters. The fourth-order valence-electron chi connectivity index (χ4n) is 2.88. The topological polar surface area (TPSA) is 15.3 Å². The van der Waals surface area contributed by atoms with Crippen molar-refractivity contribution in [2.45, 2.75) is 38.8 Å². The van der Waals surface area contributed by atoms with Crippen molar-refractivity contribution < 1.29 is 0 Å². The SMILES string of the molecule is CCNC1C2CCN(CC2)C1C. The molecule has 2 bridgehead atoms. The summed E-state index contributed by atoms with van der Waals surface area (Å²) in [5.41, 5.74) is 0. The molecule has 0 aromatic rings. The Balaban J connectivity index is 2.02. The van der Waals surface area contributed by atoms with Gasteiger partial charge in [0.05, 0.1) is 0 Å². The number of rotatable bonds is 2. The summed E-state index contributed by atoms with van der Waals surface area (Å²) in [6, 6.07) is 1.55. The average Bonchev–Trinajstić information content (AvgIpc) is 2.12. The first-order chi connectivity index (χ1) is 5.83. The fraction of sp³-hybridized carbons (Fsp3) is 1.00. The van der Waals surface area contributed by atoms with Crippen LogP contribution in [0.1, 0.15) is 26.7 Å². The lowest BCUT2D eigenvalue weighted by Crippen LogP contribution is -2.61. The van der Waals surface area contributed by atoms with Gasteiger partial charge >= 0.3 is 0 Å². The highest BCUT2D eigenvalue weighted by atomic mass is 15.2. The Morgan fingerprint density at radius 3 is 2.50 bits per heavy atom. The number of likely N-dealkylation sites (N-methyl/N-ethyl adjacent to an activating group) is 1. The second-order valence-corrected chi connectivity index (χ2v) is 4.20. The van der Waals surface area contributed by atoms with Crippen molar-refractivity contribution >= 4 is 0 Å². The average molecular weight is 168 g/mol. The number of hydrogen-bond acceptors (Lipinski definition) is 2. The van der Waals surface area contributed by atoms with Gasteiger partial charge in [-0.25, -0.2) is 0 Å². The molecule has 2 nitrogen and oxygen atoms in total. The molecule has 0 saturated carbocycles. The second kappa shape index (κ2) is 3.35. The zero-order valence-electron chi connectivity index (χ0n) is 8.21. The summed E-state index contributed by atoms with van der Waals surface area (Å²) in [6.45, 7) is 8.39. The lowest BCUT2D eigenvalue weighted by molar-refractivity contribution is 0.0231. The van der Waals surface area contributed by atoms with Crippen LogP contribution >= 0.6 is 0 Å². The molecule has 3 fully saturated rings. The van der Waals surface area contributed by atoms with Crippen molar-refractivity contribution in [2.24, 2.45) is 5.92 Å². The first-order valence-electron chi connectivity index (χ1n) is 5.30. The largest absolute Gasteiger partial charge is 0.312 e. The Hall–Kier alpha value is -0.0800. The van der Waals surface area contributed by atoms with Crippen LogP contribution in [0.25, 0.3) is 0 Å². The monoisotopic (exact) mass is 168 g/mol. The maximum atomic E-state index is 3.62. The zero-order chi connectivity index (χ0) is 8.55. The minimum absolute atomic E-state index is 0.775. The predicted octanol–water partition coefficient (Wildman–Crippen LogP) is 1.08. The van der Waals surface area contributed by atoms with Gasteiger partial charge in [-0.3, -0.25) is 4.90 Å². The molecule has 0 aliphatic carbocycles. The third-order valence-corrected chi connectivity index (χ3v) is 3.62. The van der Waals surface area contributed by atoms with E-state index in [4.69, 9.17) is 0 Å². The lowest BCUT2D eigenvalue weighted by Gasteiger charge is -2.50. The Morgan fingerprint density at radius 1 is 1.33 bits per heavy atom. The molecule has 0 radical (unpaired) electrons. The van der Waals surface area contributed by atoms with Gasteiger partial charge in [-0.1, -0.05) is 6.92 Å². The normalized spacial score (nSPS) is 46.5. The number of fused-ring (bicyclic) bond motifs is 3. The van der Waals surface area contributed by atoms with Gasteiger partial charge in [-0.2, -0.15) is 0 Å². The van der Waals surface area contributed by atoms with Crippen molar-refractivity contribution in [3.05, 3.63) is 0 Å². The molecule has 3 aliphatic rings. The predicted molar refractivity (Wildman–Crippen MR) is 51.2 cm³/mol. The third kappa shape index (κ3) is 1.27. The molecule has 2 heteroatoms. The maximum absolute atomic E-state index is 3.62. The summed E-state index contributed by atoms with van der Waals surface area (Å²) in [5, 5.41) is 3.62. The molecule has 3 heterocycles. The van der Waals surface area contributed by atoms with Gasteiger partial charge in [0.15, 0.2) is 0 Å². The molecule has 70 valence electrons. The van der Waals surface area contributed by atoms with Crippen LogP contribution in [0.3, 0.4) is 0 Å². The summed E-state index contributed by atoms with van der Waals surface area (Å²) < 4.78 is 0. The van der Waals surface area contributed by atoms with Crippen LogP contribution in [0, 0.1) is 5.92 Å². The standard InChI is InChI=1S/C10H20N2/c1-3-11-10-8(2)12-6-4-9(10)5-7-12/h8-11H,3-7H2,1-2H3. The van der Waals surface area contributed by atoms with E-state index >= 15 is 0 Å². The first-order valence-corrected chi connectivity index (χ1v) is 5.30. The van der Waals surface area contributed by atoms with Gasteiger partial charge in [0.2, 0.25) is 0 Å². The Bertz CT molecular complexity index is 148. The molecule has 0 amide bonds. The summed E-state index contributed by atoms with van der Waals surface area (Å²) in [7, 11) is 0. The number of nitrogens with zero attached hydrogens (tertiary/aromatic N) is 1. The third-order valence-electron chi connectivity index (χ3n) is 3.62. The van der Waals surface area contributed by atoms with E-state index in [9.17, 15) is 0 Å². The van der Waals surface area contributed by atoms with E-state index in [1.165, 1.54) is 25.9 Å². The highest BCUT2D eigenvalue weighted by Gasteiger charge is 2.38. The van der Waals surface area contributed by atoms with Crippen molar-refractivity contribution in [3.8, 4) is 0 Å². The summed E-state index contributed by atoms with van der Waals surface area (Å²) in [6.07, 6.45) is 2.84. The molecular weight excluding hydrogens is 148 g/mol. The van der Waals surface area contributed by atoms with E-state index in [1.807, 2.05) is 0 Å². The van der Waals surface area contributed by atoms with Crippen LogP contribution in [-0.2, 0) is 0 Å². The van der Waals surface area contributed by atoms with E-state index in [2.05, 4.69) is 24.1 Å². The molecule has 3 saturated heterocycles. The van der Waals surface area contributed by atoms with Crippen molar-refractivity contribution in [3.63, 3.8) is 0 Å². The molecule has 12 heavy (non-hydrogen) atoms. The van der Waals surface area contributed by atoms with Gasteiger partial charge in [0.25, 0.3) is 0 Å². The van der Waals surface area contributed by atoms with E-state index < -0.39 is 0 Å².